The predicted molar refractivity (Wildman–Crippen MR) is 53.5 cm³/mol. The van der Waals surface area contributed by atoms with Crippen LogP contribution in [0.3, 0.4) is 0 Å². The number of aromatic nitrogens is 1. The first-order valence-electron chi connectivity index (χ1n) is 4.21. The van der Waals surface area contributed by atoms with Crippen molar-refractivity contribution >= 4 is 9.84 Å². The first-order valence-corrected chi connectivity index (χ1v) is 6.27. The Hall–Kier alpha value is -1.28. The van der Waals surface area contributed by atoms with Crippen LogP contribution in [0.25, 0.3) is 0 Å². The van der Waals surface area contributed by atoms with Crippen LogP contribution in [0.2, 0.25) is 0 Å². The van der Waals surface area contributed by atoms with Crippen molar-refractivity contribution in [2.45, 2.75) is 13.0 Å². The van der Waals surface area contributed by atoms with Crippen molar-refractivity contribution in [3.63, 3.8) is 0 Å². The molecule has 5 heteroatoms. The Morgan fingerprint density at radius 3 is 2.86 bits per heavy atom. The first kappa shape index (κ1) is 10.8. The smallest absolute Gasteiger partial charge is 0.149 e. The average Bonchev–Trinajstić information content (AvgIpc) is 2.48. The molecule has 0 aliphatic rings. The van der Waals surface area contributed by atoms with Gasteiger partial charge < -0.3 is 4.57 Å². The number of aryl methyl sites for hydroxylation is 1. The van der Waals surface area contributed by atoms with E-state index in [1.165, 1.54) is 6.26 Å². The molecule has 0 saturated carbocycles. The van der Waals surface area contributed by atoms with Gasteiger partial charge in [0.05, 0.1) is 18.2 Å². The molecule has 4 nitrogen and oxygen atoms in total. The molecule has 0 N–H and O–H groups in total. The minimum absolute atomic E-state index is 0.111. The van der Waals surface area contributed by atoms with E-state index in [4.69, 9.17) is 5.26 Å². The Balaban J connectivity index is 2.68. The number of rotatable bonds is 4. The highest BCUT2D eigenvalue weighted by atomic mass is 32.2. The maximum absolute atomic E-state index is 10.9. The van der Waals surface area contributed by atoms with Crippen molar-refractivity contribution in [3.8, 4) is 6.07 Å². The largest absolute Gasteiger partial charge is 0.349 e. The van der Waals surface area contributed by atoms with Gasteiger partial charge in [-0.1, -0.05) is 0 Å². The van der Waals surface area contributed by atoms with Gasteiger partial charge in [0.2, 0.25) is 0 Å². The third kappa shape index (κ3) is 3.23. The zero-order valence-corrected chi connectivity index (χ0v) is 8.79. The molecule has 0 aromatic carbocycles. The summed E-state index contributed by atoms with van der Waals surface area (Å²) in [4.78, 5) is 0. The third-order valence-corrected chi connectivity index (χ3v) is 2.81. The number of hydrogen-bond acceptors (Lipinski definition) is 3. The molecular formula is C9H12N2O2S. The zero-order chi connectivity index (χ0) is 10.6. The highest BCUT2D eigenvalue weighted by Gasteiger charge is 2.04. The molecule has 1 aromatic rings. The van der Waals surface area contributed by atoms with Gasteiger partial charge >= 0.3 is 0 Å². The second kappa shape index (κ2) is 4.29. The SMILES string of the molecule is CS(=O)(=O)CCn1cccc1CC#N. The summed E-state index contributed by atoms with van der Waals surface area (Å²) in [6.07, 6.45) is 3.31. The van der Waals surface area contributed by atoms with E-state index in [0.717, 1.165) is 5.69 Å². The van der Waals surface area contributed by atoms with Gasteiger partial charge in [-0.25, -0.2) is 8.42 Å². The van der Waals surface area contributed by atoms with Crippen molar-refractivity contribution < 1.29 is 8.42 Å². The van der Waals surface area contributed by atoms with E-state index in [0.29, 0.717) is 13.0 Å². The lowest BCUT2D eigenvalue weighted by atomic mass is 10.3. The molecule has 0 aliphatic heterocycles. The Morgan fingerprint density at radius 1 is 1.57 bits per heavy atom. The quantitative estimate of drug-likeness (QED) is 0.734. The molecule has 0 atom stereocenters. The zero-order valence-electron chi connectivity index (χ0n) is 7.97. The Bertz CT molecular complexity index is 440. The van der Waals surface area contributed by atoms with Crippen LogP contribution in [-0.2, 0) is 22.8 Å². The highest BCUT2D eigenvalue weighted by Crippen LogP contribution is 2.03. The molecule has 0 radical (unpaired) electrons. The maximum atomic E-state index is 10.9. The van der Waals surface area contributed by atoms with Crippen molar-refractivity contribution in [1.82, 2.24) is 4.57 Å². The van der Waals surface area contributed by atoms with Crippen LogP contribution in [0.15, 0.2) is 18.3 Å². The van der Waals surface area contributed by atoms with Gasteiger partial charge in [0.25, 0.3) is 0 Å². The van der Waals surface area contributed by atoms with Crippen LogP contribution in [-0.4, -0.2) is 25.0 Å². The molecule has 76 valence electrons. The molecule has 0 saturated heterocycles. The lowest BCUT2D eigenvalue weighted by molar-refractivity contribution is 0.593. The average molecular weight is 212 g/mol. The standard InChI is InChI=1S/C9H12N2O2S/c1-14(12,13)8-7-11-6-2-3-9(11)4-5-10/h2-3,6H,4,7-8H2,1H3. The van der Waals surface area contributed by atoms with Gasteiger partial charge in [-0.15, -0.1) is 0 Å². The van der Waals surface area contributed by atoms with Gasteiger partial charge in [0.1, 0.15) is 9.84 Å². The molecule has 0 aliphatic carbocycles. The topological polar surface area (TPSA) is 62.9 Å². The van der Waals surface area contributed by atoms with Crippen molar-refractivity contribution in [2.75, 3.05) is 12.0 Å². The molecule has 0 bridgehead atoms. The molecule has 0 unspecified atom stereocenters. The maximum Gasteiger partial charge on any atom is 0.149 e. The molecular weight excluding hydrogens is 200 g/mol. The summed E-state index contributed by atoms with van der Waals surface area (Å²) in [5, 5.41) is 8.51. The number of nitriles is 1. The summed E-state index contributed by atoms with van der Waals surface area (Å²) >= 11 is 0. The molecule has 0 fully saturated rings. The van der Waals surface area contributed by atoms with E-state index in [1.807, 2.05) is 18.2 Å². The second-order valence-electron chi connectivity index (χ2n) is 3.16. The molecule has 0 spiro atoms. The molecule has 14 heavy (non-hydrogen) atoms. The summed E-state index contributed by atoms with van der Waals surface area (Å²) in [5.74, 6) is 0.111. The van der Waals surface area contributed by atoms with Gasteiger partial charge in [-0.3, -0.25) is 0 Å². The second-order valence-corrected chi connectivity index (χ2v) is 5.42. The monoisotopic (exact) mass is 212 g/mol. The molecule has 0 amide bonds. The predicted octanol–water partition coefficient (Wildman–Crippen LogP) is 0.599. The van der Waals surface area contributed by atoms with Crippen molar-refractivity contribution in [1.29, 1.82) is 5.26 Å². The van der Waals surface area contributed by atoms with E-state index >= 15 is 0 Å². The number of sulfone groups is 1. The third-order valence-electron chi connectivity index (χ3n) is 1.89. The van der Waals surface area contributed by atoms with Gasteiger partial charge in [0.15, 0.2) is 0 Å². The Kier molecular flexibility index (Phi) is 3.31. The summed E-state index contributed by atoms with van der Waals surface area (Å²) in [7, 11) is -2.94. The van der Waals surface area contributed by atoms with Crippen LogP contribution in [0.4, 0.5) is 0 Å². The van der Waals surface area contributed by atoms with Crippen LogP contribution in [0, 0.1) is 11.3 Å². The Labute approximate surface area is 83.7 Å². The van der Waals surface area contributed by atoms with Crippen LogP contribution < -0.4 is 0 Å². The minimum Gasteiger partial charge on any atom is -0.349 e. The van der Waals surface area contributed by atoms with Gasteiger partial charge in [-0.05, 0) is 12.1 Å². The first-order chi connectivity index (χ1) is 6.53. The van der Waals surface area contributed by atoms with Gasteiger partial charge in [-0.2, -0.15) is 5.26 Å². The van der Waals surface area contributed by atoms with E-state index < -0.39 is 9.84 Å². The fourth-order valence-electron chi connectivity index (χ4n) is 1.17. The molecule has 1 aromatic heterocycles. The fourth-order valence-corrected chi connectivity index (χ4v) is 1.70. The number of nitrogens with zero attached hydrogens (tertiary/aromatic N) is 2. The van der Waals surface area contributed by atoms with Crippen LogP contribution in [0.5, 0.6) is 0 Å². The van der Waals surface area contributed by atoms with E-state index in [1.54, 1.807) is 10.8 Å². The highest BCUT2D eigenvalue weighted by molar-refractivity contribution is 7.90. The van der Waals surface area contributed by atoms with Crippen molar-refractivity contribution in [2.24, 2.45) is 0 Å². The van der Waals surface area contributed by atoms with E-state index in [2.05, 4.69) is 0 Å². The fraction of sp³-hybridized carbons (Fsp3) is 0.444. The van der Waals surface area contributed by atoms with E-state index in [9.17, 15) is 8.42 Å². The number of hydrogen-bond donors (Lipinski definition) is 0. The lowest BCUT2D eigenvalue weighted by Crippen LogP contribution is -2.12. The lowest BCUT2D eigenvalue weighted by Gasteiger charge is -2.05. The molecule has 1 rings (SSSR count). The Morgan fingerprint density at radius 2 is 2.29 bits per heavy atom. The minimum atomic E-state index is -2.94. The van der Waals surface area contributed by atoms with Crippen LogP contribution in [0.1, 0.15) is 5.69 Å². The normalized spacial score (nSPS) is 11.1. The summed E-state index contributed by atoms with van der Waals surface area (Å²) in [6.45, 7) is 0.419. The van der Waals surface area contributed by atoms with Crippen molar-refractivity contribution in [3.05, 3.63) is 24.0 Å². The van der Waals surface area contributed by atoms with E-state index in [-0.39, 0.29) is 5.75 Å². The van der Waals surface area contributed by atoms with Gasteiger partial charge in [0, 0.05) is 24.7 Å². The summed E-state index contributed by atoms with van der Waals surface area (Å²) in [5.41, 5.74) is 0.858. The summed E-state index contributed by atoms with van der Waals surface area (Å²) < 4.78 is 23.6. The summed E-state index contributed by atoms with van der Waals surface area (Å²) in [6, 6.07) is 5.68. The van der Waals surface area contributed by atoms with Crippen LogP contribution >= 0.6 is 0 Å². The molecule has 1 heterocycles.